The second kappa shape index (κ2) is 2.64. The molecule has 1 heteroatoms. The van der Waals surface area contributed by atoms with Gasteiger partial charge < -0.3 is 5.11 Å². The van der Waals surface area contributed by atoms with E-state index < -0.39 is 12.5 Å². The van der Waals surface area contributed by atoms with Crippen LogP contribution >= 0.6 is 0 Å². The van der Waals surface area contributed by atoms with E-state index in [1.807, 2.05) is 20.8 Å². The van der Waals surface area contributed by atoms with Gasteiger partial charge in [0.15, 0.2) is 0 Å². The van der Waals surface area contributed by atoms with Crippen LogP contribution in [0.25, 0.3) is 0 Å². The van der Waals surface area contributed by atoms with Crippen molar-refractivity contribution in [3.63, 3.8) is 0 Å². The highest BCUT2D eigenvalue weighted by Gasteiger charge is 2.09. The third-order valence-electron chi connectivity index (χ3n) is 0.681. The van der Waals surface area contributed by atoms with E-state index in [9.17, 15) is 5.11 Å². The molecule has 0 saturated heterocycles. The van der Waals surface area contributed by atoms with Gasteiger partial charge in [-0.05, 0) is 34.5 Å². The van der Waals surface area contributed by atoms with Crippen LogP contribution in [0.3, 0.4) is 0 Å². The molecule has 0 heterocycles. The lowest BCUT2D eigenvalue weighted by atomic mass is 9.96. The van der Waals surface area contributed by atoms with Crippen molar-refractivity contribution >= 4 is 0 Å². The van der Waals surface area contributed by atoms with Gasteiger partial charge in [-0.25, -0.2) is 0 Å². The zero-order chi connectivity index (χ0) is 10.9. The molecule has 0 aliphatic heterocycles. The molecule has 0 aliphatic carbocycles. The van der Waals surface area contributed by atoms with Gasteiger partial charge in [0.05, 0.1) is 0 Å². The molecule has 0 amide bonds. The van der Waals surface area contributed by atoms with Crippen LogP contribution in [0.1, 0.15) is 38.7 Å². The lowest BCUT2D eigenvalue weighted by Crippen LogP contribution is -2.16. The van der Waals surface area contributed by atoms with Crippen LogP contribution in [0.5, 0.6) is 0 Å². The lowest BCUT2D eigenvalue weighted by molar-refractivity contribution is 0.143. The van der Waals surface area contributed by atoms with Gasteiger partial charge in [0, 0.05) is 9.53 Å². The largest absolute Gasteiger partial charge is 0.378 e. The predicted octanol–water partition coefficient (Wildman–Crippen LogP) is 1.81. The van der Waals surface area contributed by atoms with Gasteiger partial charge in [-0.1, -0.05) is 11.8 Å². The van der Waals surface area contributed by atoms with Gasteiger partial charge in [0.2, 0.25) is 0 Å². The summed E-state index contributed by atoms with van der Waals surface area (Å²) in [5.74, 6) is 5.09. The van der Waals surface area contributed by atoms with E-state index in [-0.39, 0.29) is 5.41 Å². The molecule has 0 radical (unpaired) electrons. The highest BCUT2D eigenvalue weighted by atomic mass is 16.3. The molecule has 0 fully saturated rings. The Balaban J connectivity index is 4.77. The van der Waals surface area contributed by atoms with Gasteiger partial charge >= 0.3 is 0 Å². The van der Waals surface area contributed by atoms with Gasteiger partial charge in [0.1, 0.15) is 5.60 Å². The molecule has 0 rings (SSSR count). The van der Waals surface area contributed by atoms with E-state index in [0.717, 1.165) is 0 Å². The van der Waals surface area contributed by atoms with E-state index in [0.29, 0.717) is 0 Å². The minimum Gasteiger partial charge on any atom is -0.378 e. The molecular weight excluding hydrogens is 124 g/mol. The summed E-state index contributed by atoms with van der Waals surface area (Å²) in [6.45, 7) is 4.32. The average Bonchev–Trinajstić information content (AvgIpc) is 1.79. The van der Waals surface area contributed by atoms with Crippen molar-refractivity contribution < 1.29 is 9.22 Å². The Kier molecular flexibility index (Phi) is 1.37. The van der Waals surface area contributed by atoms with Crippen LogP contribution < -0.4 is 0 Å². The van der Waals surface area contributed by atoms with Crippen molar-refractivity contribution in [3.05, 3.63) is 0 Å². The summed E-state index contributed by atoms with van der Waals surface area (Å²) in [4.78, 5) is 0. The van der Waals surface area contributed by atoms with Gasteiger partial charge in [-0.15, -0.1) is 0 Å². The summed E-state index contributed by atoms with van der Waals surface area (Å²) in [6, 6.07) is 0. The molecule has 10 heavy (non-hydrogen) atoms. The molecule has 0 aliphatic rings. The molecule has 1 unspecified atom stereocenters. The van der Waals surface area contributed by atoms with Crippen LogP contribution in [0.2, 0.25) is 0 Å². The Morgan fingerprint density at radius 2 is 1.70 bits per heavy atom. The van der Waals surface area contributed by atoms with Crippen LogP contribution in [-0.4, -0.2) is 10.7 Å². The first-order valence-electron chi connectivity index (χ1n) is 4.72. The van der Waals surface area contributed by atoms with Crippen LogP contribution in [0.4, 0.5) is 0 Å². The standard InChI is InChI=1S/C9H16O/c1-8(2,3)6-7-9(4,5)10/h10H,1-5H3/i4D3. The van der Waals surface area contributed by atoms with E-state index in [1.165, 1.54) is 6.92 Å². The van der Waals surface area contributed by atoms with Crippen LogP contribution in [0.15, 0.2) is 0 Å². The minimum atomic E-state index is -2.45. The zero-order valence-corrected chi connectivity index (χ0v) is 6.95. The predicted molar refractivity (Wildman–Crippen MR) is 43.5 cm³/mol. The lowest BCUT2D eigenvalue weighted by Gasteiger charge is -2.11. The van der Waals surface area contributed by atoms with E-state index in [1.54, 1.807) is 0 Å². The molecule has 1 atom stereocenters. The summed E-state index contributed by atoms with van der Waals surface area (Å²) >= 11 is 0. The van der Waals surface area contributed by atoms with Crippen LogP contribution in [-0.2, 0) is 0 Å². The monoisotopic (exact) mass is 143 g/mol. The summed E-state index contributed by atoms with van der Waals surface area (Å²) in [7, 11) is 0. The van der Waals surface area contributed by atoms with Crippen molar-refractivity contribution in [2.45, 2.75) is 40.1 Å². The second-order valence-corrected chi connectivity index (χ2v) is 3.57. The highest BCUT2D eigenvalue weighted by Crippen LogP contribution is 2.11. The Morgan fingerprint density at radius 3 is 2.00 bits per heavy atom. The Bertz CT molecular complexity index is 234. The fraction of sp³-hybridized carbons (Fsp3) is 0.778. The second-order valence-electron chi connectivity index (χ2n) is 3.57. The molecule has 0 aromatic heterocycles. The minimum absolute atomic E-state index is 0.296. The Labute approximate surface area is 67.7 Å². The summed E-state index contributed by atoms with van der Waals surface area (Å²) in [6.07, 6.45) is 0. The maximum Gasteiger partial charge on any atom is 0.119 e. The number of hydrogen-bond donors (Lipinski definition) is 1. The first kappa shape index (κ1) is 5.21. The maximum absolute atomic E-state index is 9.48. The van der Waals surface area contributed by atoms with Crippen molar-refractivity contribution in [2.24, 2.45) is 5.41 Å². The summed E-state index contributed by atoms with van der Waals surface area (Å²) < 4.78 is 21.1. The number of hydrogen-bond acceptors (Lipinski definition) is 1. The van der Waals surface area contributed by atoms with Gasteiger partial charge in [0.25, 0.3) is 0 Å². The van der Waals surface area contributed by atoms with E-state index in [4.69, 9.17) is 4.11 Å². The first-order valence-corrected chi connectivity index (χ1v) is 3.22. The first-order chi connectivity index (χ1) is 5.46. The van der Waals surface area contributed by atoms with Crippen LogP contribution in [0, 0.1) is 17.3 Å². The molecule has 1 N–H and O–H groups in total. The van der Waals surface area contributed by atoms with Gasteiger partial charge in [-0.3, -0.25) is 0 Å². The quantitative estimate of drug-likeness (QED) is 0.513. The fourth-order valence-corrected chi connectivity index (χ4v) is 0.309. The fourth-order valence-electron chi connectivity index (χ4n) is 0.309. The third-order valence-corrected chi connectivity index (χ3v) is 0.681. The Morgan fingerprint density at radius 1 is 1.20 bits per heavy atom. The molecule has 0 aromatic carbocycles. The third kappa shape index (κ3) is 7.52. The highest BCUT2D eigenvalue weighted by molar-refractivity contribution is 5.14. The molecule has 1 nitrogen and oxygen atoms in total. The van der Waals surface area contributed by atoms with Gasteiger partial charge in [-0.2, -0.15) is 0 Å². The topological polar surface area (TPSA) is 20.2 Å². The van der Waals surface area contributed by atoms with Crippen molar-refractivity contribution in [1.82, 2.24) is 0 Å². The molecular formula is C9H16O. The summed E-state index contributed by atoms with van der Waals surface area (Å²) in [5.41, 5.74) is -2.21. The normalized spacial score (nSPS) is 22.7. The Hall–Kier alpha value is -0.480. The maximum atomic E-state index is 9.48. The van der Waals surface area contributed by atoms with E-state index in [2.05, 4.69) is 11.8 Å². The smallest absolute Gasteiger partial charge is 0.119 e. The number of aliphatic hydroxyl groups is 1. The van der Waals surface area contributed by atoms with Crippen molar-refractivity contribution in [1.29, 1.82) is 0 Å². The SMILES string of the molecule is [2H]C([2H])([2H])C(C)(O)C#CC(C)(C)C. The molecule has 0 spiro atoms. The summed E-state index contributed by atoms with van der Waals surface area (Å²) in [5, 5.41) is 9.48. The molecule has 58 valence electrons. The number of rotatable bonds is 0. The van der Waals surface area contributed by atoms with Crippen molar-refractivity contribution in [2.75, 3.05) is 0 Å². The molecule has 0 bridgehead atoms. The zero-order valence-electron chi connectivity index (χ0n) is 9.95. The van der Waals surface area contributed by atoms with Crippen molar-refractivity contribution in [3.8, 4) is 11.8 Å². The average molecular weight is 143 g/mol. The molecule has 0 saturated carbocycles. The van der Waals surface area contributed by atoms with E-state index >= 15 is 0 Å². The molecule has 0 aromatic rings.